The molecule has 0 spiro atoms. The number of benzene rings is 1. The van der Waals surface area contributed by atoms with Gasteiger partial charge in [0.1, 0.15) is 0 Å². The number of aromatic nitrogens is 2. The number of carbonyl (C=O) groups excluding carboxylic acids is 1. The number of H-pyrrole nitrogens is 1. The monoisotopic (exact) mass is 244 g/mol. The molecular weight excluding hydrogens is 228 g/mol. The zero-order valence-corrected chi connectivity index (χ0v) is 10.4. The molecule has 94 valence electrons. The number of nitrogens with two attached hydrogens (primary N) is 1. The standard InChI is InChI=1S/C13H16N4O/c1-8-3-4-12(14)11(5-8)13(18)17-9(2)10-6-15-16-7-10/h3-7,9H,14H2,1-2H3,(H,15,16)(H,17,18). The van der Waals surface area contributed by atoms with E-state index in [0.29, 0.717) is 11.3 Å². The second-order valence-electron chi connectivity index (χ2n) is 4.32. The minimum atomic E-state index is -0.176. The molecule has 1 heterocycles. The molecule has 1 aromatic heterocycles. The molecule has 0 saturated heterocycles. The lowest BCUT2D eigenvalue weighted by Crippen LogP contribution is -2.27. The lowest BCUT2D eigenvalue weighted by Gasteiger charge is -2.13. The number of nitrogens with one attached hydrogen (secondary N) is 2. The van der Waals surface area contributed by atoms with Crippen molar-refractivity contribution in [3.05, 3.63) is 47.3 Å². The summed E-state index contributed by atoms with van der Waals surface area (Å²) in [7, 11) is 0. The summed E-state index contributed by atoms with van der Waals surface area (Å²) in [5, 5.41) is 9.46. The van der Waals surface area contributed by atoms with Gasteiger partial charge < -0.3 is 11.1 Å². The number of hydrogen-bond donors (Lipinski definition) is 3. The number of rotatable bonds is 3. The molecule has 0 aliphatic carbocycles. The van der Waals surface area contributed by atoms with Crippen molar-refractivity contribution in [2.75, 3.05) is 5.73 Å². The number of aryl methyl sites for hydroxylation is 1. The van der Waals surface area contributed by atoms with Crippen LogP contribution < -0.4 is 11.1 Å². The summed E-state index contributed by atoms with van der Waals surface area (Å²) in [5.74, 6) is -0.176. The number of hydrogen-bond acceptors (Lipinski definition) is 3. The SMILES string of the molecule is Cc1ccc(N)c(C(=O)NC(C)c2cn[nH]c2)c1. The summed E-state index contributed by atoms with van der Waals surface area (Å²) in [6, 6.07) is 5.29. The largest absolute Gasteiger partial charge is 0.398 e. The Morgan fingerprint density at radius 2 is 2.28 bits per heavy atom. The molecule has 0 bridgehead atoms. The van der Waals surface area contributed by atoms with Crippen LogP contribution in [0.2, 0.25) is 0 Å². The van der Waals surface area contributed by atoms with Crippen LogP contribution in [0.5, 0.6) is 0 Å². The van der Waals surface area contributed by atoms with Crippen LogP contribution in [0.3, 0.4) is 0 Å². The van der Waals surface area contributed by atoms with E-state index in [9.17, 15) is 4.79 Å². The lowest BCUT2D eigenvalue weighted by molar-refractivity contribution is 0.0940. The third-order valence-electron chi connectivity index (χ3n) is 2.82. The maximum atomic E-state index is 12.1. The average Bonchev–Trinajstić information content (AvgIpc) is 2.85. The van der Waals surface area contributed by atoms with Gasteiger partial charge in [-0.1, -0.05) is 11.6 Å². The maximum Gasteiger partial charge on any atom is 0.253 e. The summed E-state index contributed by atoms with van der Waals surface area (Å²) < 4.78 is 0. The van der Waals surface area contributed by atoms with E-state index >= 15 is 0 Å². The molecule has 2 rings (SSSR count). The van der Waals surface area contributed by atoms with Gasteiger partial charge in [-0.3, -0.25) is 9.89 Å². The average molecular weight is 244 g/mol. The van der Waals surface area contributed by atoms with E-state index in [4.69, 9.17) is 5.73 Å². The molecule has 5 heteroatoms. The van der Waals surface area contributed by atoms with E-state index in [2.05, 4.69) is 15.5 Å². The molecule has 1 atom stereocenters. The number of carbonyl (C=O) groups is 1. The van der Waals surface area contributed by atoms with Gasteiger partial charge in [0, 0.05) is 17.4 Å². The highest BCUT2D eigenvalue weighted by atomic mass is 16.1. The third-order valence-corrected chi connectivity index (χ3v) is 2.82. The second kappa shape index (κ2) is 4.91. The van der Waals surface area contributed by atoms with Gasteiger partial charge in [-0.2, -0.15) is 5.10 Å². The molecular formula is C13H16N4O. The zero-order chi connectivity index (χ0) is 13.1. The summed E-state index contributed by atoms with van der Waals surface area (Å²) >= 11 is 0. The van der Waals surface area contributed by atoms with E-state index in [1.807, 2.05) is 19.9 Å². The van der Waals surface area contributed by atoms with Gasteiger partial charge >= 0.3 is 0 Å². The Morgan fingerprint density at radius 3 is 2.94 bits per heavy atom. The van der Waals surface area contributed by atoms with Gasteiger partial charge in [0.2, 0.25) is 0 Å². The van der Waals surface area contributed by atoms with Crippen LogP contribution in [-0.4, -0.2) is 16.1 Å². The molecule has 0 aliphatic rings. The highest BCUT2D eigenvalue weighted by molar-refractivity contribution is 5.99. The minimum absolute atomic E-state index is 0.115. The van der Waals surface area contributed by atoms with Crippen LogP contribution in [0, 0.1) is 6.92 Å². The van der Waals surface area contributed by atoms with Gasteiger partial charge in [0.25, 0.3) is 5.91 Å². The molecule has 1 aromatic carbocycles. The predicted octanol–water partition coefficient (Wildman–Crippen LogP) is 1.79. The Morgan fingerprint density at radius 1 is 1.50 bits per heavy atom. The van der Waals surface area contributed by atoms with E-state index in [-0.39, 0.29) is 11.9 Å². The molecule has 1 unspecified atom stereocenters. The Labute approximate surface area is 105 Å². The molecule has 1 amide bonds. The summed E-state index contributed by atoms with van der Waals surface area (Å²) in [6.07, 6.45) is 3.44. The fraction of sp³-hybridized carbons (Fsp3) is 0.231. The van der Waals surface area contributed by atoms with Crippen molar-refractivity contribution in [3.8, 4) is 0 Å². The van der Waals surface area contributed by atoms with Crippen molar-refractivity contribution in [2.45, 2.75) is 19.9 Å². The Bertz CT molecular complexity index is 548. The molecule has 0 aliphatic heterocycles. The Balaban J connectivity index is 2.15. The first kappa shape index (κ1) is 12.2. The lowest BCUT2D eigenvalue weighted by atomic mass is 10.1. The maximum absolute atomic E-state index is 12.1. The number of anilines is 1. The van der Waals surface area contributed by atoms with Crippen LogP contribution in [0.1, 0.15) is 34.5 Å². The highest BCUT2D eigenvalue weighted by Crippen LogP contribution is 2.16. The molecule has 0 fully saturated rings. The smallest absolute Gasteiger partial charge is 0.253 e. The van der Waals surface area contributed by atoms with E-state index < -0.39 is 0 Å². The first-order valence-corrected chi connectivity index (χ1v) is 5.73. The zero-order valence-electron chi connectivity index (χ0n) is 10.4. The van der Waals surface area contributed by atoms with Gasteiger partial charge in [0.15, 0.2) is 0 Å². The van der Waals surface area contributed by atoms with Crippen LogP contribution in [0.25, 0.3) is 0 Å². The predicted molar refractivity (Wildman–Crippen MR) is 70.1 cm³/mol. The molecule has 2 aromatic rings. The van der Waals surface area contributed by atoms with Crippen molar-refractivity contribution >= 4 is 11.6 Å². The van der Waals surface area contributed by atoms with Crippen molar-refractivity contribution in [1.82, 2.24) is 15.5 Å². The number of nitrogen functional groups attached to an aromatic ring is 1. The van der Waals surface area contributed by atoms with Gasteiger partial charge in [-0.25, -0.2) is 0 Å². The molecule has 18 heavy (non-hydrogen) atoms. The van der Waals surface area contributed by atoms with Crippen LogP contribution in [0.15, 0.2) is 30.6 Å². The number of aromatic amines is 1. The summed E-state index contributed by atoms with van der Waals surface area (Å²) in [5.41, 5.74) is 8.72. The quantitative estimate of drug-likeness (QED) is 0.720. The van der Waals surface area contributed by atoms with Crippen molar-refractivity contribution < 1.29 is 4.79 Å². The van der Waals surface area contributed by atoms with Crippen LogP contribution in [-0.2, 0) is 0 Å². The fourth-order valence-corrected chi connectivity index (χ4v) is 1.72. The van der Waals surface area contributed by atoms with Crippen LogP contribution >= 0.6 is 0 Å². The topological polar surface area (TPSA) is 83.8 Å². The van der Waals surface area contributed by atoms with E-state index in [1.165, 1.54) is 0 Å². The Kier molecular flexibility index (Phi) is 3.32. The second-order valence-corrected chi connectivity index (χ2v) is 4.32. The van der Waals surface area contributed by atoms with Gasteiger partial charge in [0.05, 0.1) is 17.8 Å². The van der Waals surface area contributed by atoms with E-state index in [0.717, 1.165) is 11.1 Å². The normalized spacial score (nSPS) is 12.1. The third kappa shape index (κ3) is 2.51. The van der Waals surface area contributed by atoms with Crippen molar-refractivity contribution in [1.29, 1.82) is 0 Å². The van der Waals surface area contributed by atoms with Crippen molar-refractivity contribution in [3.63, 3.8) is 0 Å². The highest BCUT2D eigenvalue weighted by Gasteiger charge is 2.14. The molecule has 5 nitrogen and oxygen atoms in total. The van der Waals surface area contributed by atoms with Crippen LogP contribution in [0.4, 0.5) is 5.69 Å². The summed E-state index contributed by atoms with van der Waals surface area (Å²) in [4.78, 5) is 12.1. The molecule has 0 saturated carbocycles. The van der Waals surface area contributed by atoms with Gasteiger partial charge in [-0.15, -0.1) is 0 Å². The first-order chi connectivity index (χ1) is 8.58. The first-order valence-electron chi connectivity index (χ1n) is 5.73. The Hall–Kier alpha value is -2.30. The molecule has 4 N–H and O–H groups in total. The molecule has 0 radical (unpaired) electrons. The minimum Gasteiger partial charge on any atom is -0.398 e. The fourth-order valence-electron chi connectivity index (χ4n) is 1.72. The van der Waals surface area contributed by atoms with Gasteiger partial charge in [-0.05, 0) is 26.0 Å². The number of nitrogens with zero attached hydrogens (tertiary/aromatic N) is 1. The summed E-state index contributed by atoms with van der Waals surface area (Å²) in [6.45, 7) is 3.82. The van der Waals surface area contributed by atoms with Crippen molar-refractivity contribution in [2.24, 2.45) is 0 Å². The number of amides is 1. The van der Waals surface area contributed by atoms with E-state index in [1.54, 1.807) is 24.5 Å².